The van der Waals surface area contributed by atoms with E-state index in [1.54, 1.807) is 16.8 Å². The SMILES string of the molecule is Cc1cccc(Nc2nn(-c3ccc(F)cc3)c3c2C(=O)CC(C)C3)c1C. The van der Waals surface area contributed by atoms with E-state index in [4.69, 9.17) is 5.10 Å². The van der Waals surface area contributed by atoms with Gasteiger partial charge < -0.3 is 5.32 Å². The first kappa shape index (κ1) is 17.5. The average molecular weight is 363 g/mol. The number of hydrogen-bond acceptors (Lipinski definition) is 3. The molecule has 1 N–H and O–H groups in total. The van der Waals surface area contributed by atoms with Crippen LogP contribution in [0.15, 0.2) is 42.5 Å². The zero-order valence-corrected chi connectivity index (χ0v) is 15.7. The number of carbonyl (C=O) groups is 1. The number of nitrogens with zero attached hydrogens (tertiary/aromatic N) is 2. The standard InChI is InChI=1S/C22H22FN3O/c1-13-11-19-21(20(27)12-13)22(24-18-6-4-5-14(2)15(18)3)25-26(19)17-9-7-16(23)8-10-17/h4-10,13H,11-12H2,1-3H3,(H,24,25). The maximum Gasteiger partial charge on any atom is 0.168 e. The summed E-state index contributed by atoms with van der Waals surface area (Å²) in [5.41, 5.74) is 5.53. The number of Topliss-reactive ketones (excluding diaryl/α,β-unsaturated/α-hetero) is 1. The quantitative estimate of drug-likeness (QED) is 0.701. The monoisotopic (exact) mass is 363 g/mol. The van der Waals surface area contributed by atoms with Crippen LogP contribution < -0.4 is 5.32 Å². The van der Waals surface area contributed by atoms with Crippen LogP contribution in [0.1, 0.15) is 40.5 Å². The minimum absolute atomic E-state index is 0.102. The van der Waals surface area contributed by atoms with Gasteiger partial charge in [-0.2, -0.15) is 0 Å². The summed E-state index contributed by atoms with van der Waals surface area (Å²) < 4.78 is 15.1. The number of rotatable bonds is 3. The molecule has 0 spiro atoms. The number of ketones is 1. The molecule has 2 aromatic carbocycles. The largest absolute Gasteiger partial charge is 0.338 e. The van der Waals surface area contributed by atoms with Crippen molar-refractivity contribution >= 4 is 17.3 Å². The van der Waals surface area contributed by atoms with E-state index in [1.165, 1.54) is 17.7 Å². The van der Waals surface area contributed by atoms with E-state index in [0.717, 1.165) is 29.1 Å². The average Bonchev–Trinajstić information content (AvgIpc) is 2.98. The molecule has 138 valence electrons. The summed E-state index contributed by atoms with van der Waals surface area (Å²) in [6.45, 7) is 6.17. The van der Waals surface area contributed by atoms with Crippen LogP contribution in [0.3, 0.4) is 0 Å². The van der Waals surface area contributed by atoms with Crippen molar-refractivity contribution in [2.24, 2.45) is 5.92 Å². The Labute approximate surface area is 158 Å². The molecule has 1 aliphatic rings. The first-order chi connectivity index (χ1) is 12.9. The van der Waals surface area contributed by atoms with Crippen molar-refractivity contribution in [2.75, 3.05) is 5.32 Å². The van der Waals surface area contributed by atoms with Crippen LogP contribution in [0.25, 0.3) is 5.69 Å². The molecule has 0 bridgehead atoms. The maximum atomic E-state index is 13.3. The van der Waals surface area contributed by atoms with Crippen LogP contribution in [0.4, 0.5) is 15.9 Å². The van der Waals surface area contributed by atoms with E-state index < -0.39 is 0 Å². The number of carbonyl (C=O) groups excluding carboxylic acids is 1. The minimum Gasteiger partial charge on any atom is -0.338 e. The van der Waals surface area contributed by atoms with E-state index in [9.17, 15) is 9.18 Å². The van der Waals surface area contributed by atoms with E-state index in [1.807, 2.05) is 19.1 Å². The van der Waals surface area contributed by atoms with Crippen molar-refractivity contribution in [1.29, 1.82) is 0 Å². The molecule has 4 rings (SSSR count). The second-order valence-corrected chi connectivity index (χ2v) is 7.37. The number of benzene rings is 2. The van der Waals surface area contributed by atoms with Gasteiger partial charge in [0.15, 0.2) is 11.6 Å². The number of hydrogen-bond donors (Lipinski definition) is 1. The normalized spacial score (nSPS) is 16.3. The van der Waals surface area contributed by atoms with Gasteiger partial charge >= 0.3 is 0 Å². The van der Waals surface area contributed by atoms with Gasteiger partial charge in [0.2, 0.25) is 0 Å². The molecule has 0 aliphatic heterocycles. The first-order valence-corrected chi connectivity index (χ1v) is 9.18. The Balaban J connectivity index is 1.85. The first-order valence-electron chi connectivity index (χ1n) is 9.18. The number of fused-ring (bicyclic) bond motifs is 1. The van der Waals surface area contributed by atoms with Gasteiger partial charge in [0.1, 0.15) is 5.82 Å². The highest BCUT2D eigenvalue weighted by Crippen LogP contribution is 2.34. The fourth-order valence-corrected chi connectivity index (χ4v) is 3.65. The number of aromatic nitrogens is 2. The molecule has 1 aromatic heterocycles. The predicted molar refractivity (Wildman–Crippen MR) is 105 cm³/mol. The number of nitrogens with one attached hydrogen (secondary N) is 1. The third kappa shape index (κ3) is 3.14. The molecule has 3 aromatic rings. The number of halogens is 1. The summed E-state index contributed by atoms with van der Waals surface area (Å²) in [6.07, 6.45) is 1.28. The summed E-state index contributed by atoms with van der Waals surface area (Å²) in [5.74, 6) is 0.636. The van der Waals surface area contributed by atoms with E-state index in [-0.39, 0.29) is 17.5 Å². The highest BCUT2D eigenvalue weighted by molar-refractivity contribution is 6.03. The fourth-order valence-electron chi connectivity index (χ4n) is 3.65. The second kappa shape index (κ2) is 6.65. The molecule has 1 heterocycles. The smallest absolute Gasteiger partial charge is 0.168 e. The Morgan fingerprint density at radius 1 is 1.11 bits per heavy atom. The topological polar surface area (TPSA) is 46.9 Å². The molecule has 1 atom stereocenters. The Morgan fingerprint density at radius 3 is 2.59 bits per heavy atom. The molecule has 0 saturated heterocycles. The van der Waals surface area contributed by atoms with Gasteiger partial charge in [-0.15, -0.1) is 5.10 Å². The second-order valence-electron chi connectivity index (χ2n) is 7.37. The lowest BCUT2D eigenvalue weighted by atomic mass is 9.87. The zero-order valence-electron chi connectivity index (χ0n) is 15.7. The predicted octanol–water partition coefficient (Wildman–Crippen LogP) is 5.14. The van der Waals surface area contributed by atoms with Gasteiger partial charge in [0.25, 0.3) is 0 Å². The lowest BCUT2D eigenvalue weighted by Crippen LogP contribution is -2.19. The molecule has 0 amide bonds. The van der Waals surface area contributed by atoms with Crippen LogP contribution in [0.5, 0.6) is 0 Å². The lowest BCUT2D eigenvalue weighted by molar-refractivity contribution is 0.0953. The third-order valence-corrected chi connectivity index (χ3v) is 5.26. The Morgan fingerprint density at radius 2 is 1.85 bits per heavy atom. The van der Waals surface area contributed by atoms with Gasteiger partial charge in [-0.3, -0.25) is 4.79 Å². The molecule has 0 radical (unpaired) electrons. The summed E-state index contributed by atoms with van der Waals surface area (Å²) >= 11 is 0. The lowest BCUT2D eigenvalue weighted by Gasteiger charge is -2.19. The molecule has 4 nitrogen and oxygen atoms in total. The Bertz CT molecular complexity index is 1020. The highest BCUT2D eigenvalue weighted by Gasteiger charge is 2.31. The van der Waals surface area contributed by atoms with Crippen molar-refractivity contribution < 1.29 is 9.18 Å². The summed E-state index contributed by atoms with van der Waals surface area (Å²) in [6, 6.07) is 12.2. The van der Waals surface area contributed by atoms with Crippen LogP contribution >= 0.6 is 0 Å². The van der Waals surface area contributed by atoms with Crippen molar-refractivity contribution in [3.8, 4) is 5.69 Å². The fraction of sp³-hybridized carbons (Fsp3) is 0.273. The highest BCUT2D eigenvalue weighted by atomic mass is 19.1. The summed E-state index contributed by atoms with van der Waals surface area (Å²) in [4.78, 5) is 12.8. The molecular weight excluding hydrogens is 341 g/mol. The molecule has 0 saturated carbocycles. The minimum atomic E-state index is -0.294. The van der Waals surface area contributed by atoms with E-state index in [0.29, 0.717) is 17.8 Å². The molecule has 0 fully saturated rings. The van der Waals surface area contributed by atoms with Crippen molar-refractivity contribution in [1.82, 2.24) is 9.78 Å². The third-order valence-electron chi connectivity index (χ3n) is 5.26. The summed E-state index contributed by atoms with van der Waals surface area (Å²) in [7, 11) is 0. The maximum absolute atomic E-state index is 13.3. The van der Waals surface area contributed by atoms with Crippen molar-refractivity contribution in [2.45, 2.75) is 33.6 Å². The van der Waals surface area contributed by atoms with E-state index >= 15 is 0 Å². The molecule has 1 aliphatic carbocycles. The van der Waals surface area contributed by atoms with Crippen LogP contribution in [-0.4, -0.2) is 15.6 Å². The molecule has 27 heavy (non-hydrogen) atoms. The molecular formula is C22H22FN3O. The van der Waals surface area contributed by atoms with Crippen LogP contribution in [0, 0.1) is 25.6 Å². The van der Waals surface area contributed by atoms with Crippen LogP contribution in [0.2, 0.25) is 0 Å². The number of anilines is 2. The van der Waals surface area contributed by atoms with Gasteiger partial charge in [-0.25, -0.2) is 9.07 Å². The van der Waals surface area contributed by atoms with E-state index in [2.05, 4.69) is 25.2 Å². The Kier molecular flexibility index (Phi) is 4.30. The van der Waals surface area contributed by atoms with Gasteiger partial charge in [0.05, 0.1) is 16.9 Å². The van der Waals surface area contributed by atoms with Crippen LogP contribution in [-0.2, 0) is 6.42 Å². The van der Waals surface area contributed by atoms with Crippen molar-refractivity contribution in [3.05, 3.63) is 70.7 Å². The summed E-state index contributed by atoms with van der Waals surface area (Å²) in [5, 5.41) is 8.07. The number of aryl methyl sites for hydroxylation is 1. The zero-order chi connectivity index (χ0) is 19.1. The molecule has 5 heteroatoms. The van der Waals surface area contributed by atoms with Gasteiger partial charge in [-0.1, -0.05) is 19.1 Å². The Hall–Kier alpha value is -2.95. The van der Waals surface area contributed by atoms with Gasteiger partial charge in [0, 0.05) is 12.1 Å². The van der Waals surface area contributed by atoms with Crippen molar-refractivity contribution in [3.63, 3.8) is 0 Å². The van der Waals surface area contributed by atoms with Gasteiger partial charge in [-0.05, 0) is 67.6 Å². The molecule has 1 unspecified atom stereocenters.